The molecule has 0 unspecified atom stereocenters. The Hall–Kier alpha value is -1.88. The zero-order chi connectivity index (χ0) is 16.9. The molecule has 5 nitrogen and oxygen atoms in total. The third-order valence-corrected chi connectivity index (χ3v) is 4.84. The number of unbranched alkanes of at least 4 members (excludes halogenated alkanes) is 1. The lowest BCUT2D eigenvalue weighted by atomic mass is 10.1. The Bertz CT molecular complexity index is 754. The molecular weight excluding hydrogens is 304 g/mol. The van der Waals surface area contributed by atoms with E-state index in [-0.39, 0.29) is 11.5 Å². The molecule has 1 fully saturated rings. The summed E-state index contributed by atoms with van der Waals surface area (Å²) in [7, 11) is 0. The Kier molecular flexibility index (Phi) is 5.51. The van der Waals surface area contributed by atoms with Crippen LogP contribution >= 0.6 is 0 Å². The number of benzene rings is 1. The molecule has 1 saturated heterocycles. The molecule has 1 aromatic heterocycles. The van der Waals surface area contributed by atoms with Gasteiger partial charge in [-0.2, -0.15) is 0 Å². The zero-order valence-electron chi connectivity index (χ0n) is 14.4. The first-order chi connectivity index (χ1) is 11.7. The number of piperidine rings is 1. The summed E-state index contributed by atoms with van der Waals surface area (Å²) in [6.45, 7) is 5.79. The van der Waals surface area contributed by atoms with Gasteiger partial charge in [-0.25, -0.2) is 4.79 Å². The van der Waals surface area contributed by atoms with Gasteiger partial charge in [0.1, 0.15) is 0 Å². The smallest absolute Gasteiger partial charge is 0.408 e. The first-order valence-electron chi connectivity index (χ1n) is 9.08. The quantitative estimate of drug-likeness (QED) is 0.730. The fourth-order valence-electron chi connectivity index (χ4n) is 3.36. The lowest BCUT2D eigenvalue weighted by Gasteiger charge is -2.26. The summed E-state index contributed by atoms with van der Waals surface area (Å²) in [4.78, 5) is 26.7. The minimum absolute atomic E-state index is 0.113. The number of aromatic nitrogens is 1. The second-order valence-corrected chi connectivity index (χ2v) is 6.63. The molecule has 5 heteroatoms. The standard InChI is InChI=1S/C19H26N2O3/c1-2-3-7-17(22)15-8-9-16-18(14-15)24-19(23)21(16)13-12-20-10-5-4-6-11-20/h8-9,14H,2-7,10-13H2,1H3. The Morgan fingerprint density at radius 2 is 1.96 bits per heavy atom. The highest BCUT2D eigenvalue weighted by atomic mass is 16.4. The molecule has 3 rings (SSSR count). The van der Waals surface area contributed by atoms with Gasteiger partial charge in [-0.1, -0.05) is 19.8 Å². The van der Waals surface area contributed by atoms with Crippen molar-refractivity contribution >= 4 is 16.9 Å². The maximum Gasteiger partial charge on any atom is 0.419 e. The van der Waals surface area contributed by atoms with E-state index in [4.69, 9.17) is 4.42 Å². The van der Waals surface area contributed by atoms with Gasteiger partial charge in [0.25, 0.3) is 0 Å². The highest BCUT2D eigenvalue weighted by Gasteiger charge is 2.15. The number of Topliss-reactive ketones (excluding diaryl/α,β-unsaturated/α-hetero) is 1. The molecule has 0 bridgehead atoms. The molecule has 130 valence electrons. The van der Waals surface area contributed by atoms with Crippen molar-refractivity contribution in [2.24, 2.45) is 0 Å². The predicted octanol–water partition coefficient (Wildman–Crippen LogP) is 3.45. The molecular formula is C19H26N2O3. The summed E-state index contributed by atoms with van der Waals surface area (Å²) >= 11 is 0. The zero-order valence-corrected chi connectivity index (χ0v) is 14.4. The van der Waals surface area contributed by atoms with Crippen molar-refractivity contribution in [3.05, 3.63) is 34.3 Å². The Morgan fingerprint density at radius 3 is 2.71 bits per heavy atom. The Balaban J connectivity index is 1.75. The number of nitrogens with zero attached hydrogens (tertiary/aromatic N) is 2. The van der Waals surface area contributed by atoms with E-state index in [9.17, 15) is 9.59 Å². The topological polar surface area (TPSA) is 55.5 Å². The van der Waals surface area contributed by atoms with Crippen LogP contribution in [-0.2, 0) is 6.54 Å². The van der Waals surface area contributed by atoms with Gasteiger partial charge in [-0.05, 0) is 50.6 Å². The number of oxazole rings is 1. The van der Waals surface area contributed by atoms with Crippen molar-refractivity contribution in [3.8, 4) is 0 Å². The maximum absolute atomic E-state index is 12.2. The van der Waals surface area contributed by atoms with E-state index in [1.54, 1.807) is 10.6 Å². The van der Waals surface area contributed by atoms with Crippen LogP contribution in [0.5, 0.6) is 0 Å². The summed E-state index contributed by atoms with van der Waals surface area (Å²) in [6.07, 6.45) is 6.21. The van der Waals surface area contributed by atoms with Gasteiger partial charge in [-0.3, -0.25) is 9.36 Å². The molecule has 1 aliphatic rings. The number of carbonyl (C=O) groups excluding carboxylic acids is 1. The van der Waals surface area contributed by atoms with E-state index in [1.165, 1.54) is 19.3 Å². The largest absolute Gasteiger partial charge is 0.419 e. The van der Waals surface area contributed by atoms with Crippen LogP contribution in [0.2, 0.25) is 0 Å². The molecule has 0 amide bonds. The third kappa shape index (κ3) is 3.78. The van der Waals surface area contributed by atoms with Crippen molar-refractivity contribution in [1.29, 1.82) is 0 Å². The highest BCUT2D eigenvalue weighted by molar-refractivity contribution is 5.98. The third-order valence-electron chi connectivity index (χ3n) is 4.84. The molecule has 0 saturated carbocycles. The van der Waals surface area contributed by atoms with Crippen molar-refractivity contribution in [2.75, 3.05) is 19.6 Å². The molecule has 24 heavy (non-hydrogen) atoms. The molecule has 0 atom stereocenters. The SMILES string of the molecule is CCCCC(=O)c1ccc2c(c1)oc(=O)n2CCN1CCCCC1. The first-order valence-corrected chi connectivity index (χ1v) is 9.08. The summed E-state index contributed by atoms with van der Waals surface area (Å²) in [5.41, 5.74) is 1.93. The minimum Gasteiger partial charge on any atom is -0.408 e. The predicted molar refractivity (Wildman–Crippen MR) is 94.6 cm³/mol. The number of hydrogen-bond donors (Lipinski definition) is 0. The Morgan fingerprint density at radius 1 is 1.17 bits per heavy atom. The number of likely N-dealkylation sites (tertiary alicyclic amines) is 1. The van der Waals surface area contributed by atoms with E-state index in [1.807, 2.05) is 12.1 Å². The van der Waals surface area contributed by atoms with Crippen molar-refractivity contribution in [1.82, 2.24) is 9.47 Å². The number of rotatable bonds is 7. The second kappa shape index (κ2) is 7.79. The molecule has 1 aromatic carbocycles. The number of hydrogen-bond acceptors (Lipinski definition) is 4. The summed E-state index contributed by atoms with van der Waals surface area (Å²) in [5.74, 6) is -0.220. The van der Waals surface area contributed by atoms with Gasteiger partial charge in [0.05, 0.1) is 5.52 Å². The first kappa shape index (κ1) is 17.0. The van der Waals surface area contributed by atoms with Crippen LogP contribution in [0.4, 0.5) is 0 Å². The molecule has 2 heterocycles. The number of carbonyl (C=O) groups is 1. The van der Waals surface area contributed by atoms with E-state index < -0.39 is 0 Å². The normalized spacial score (nSPS) is 15.9. The average molecular weight is 330 g/mol. The summed E-state index contributed by atoms with van der Waals surface area (Å²) in [5, 5.41) is 0. The lowest BCUT2D eigenvalue weighted by molar-refractivity contribution is 0.0980. The van der Waals surface area contributed by atoms with Crippen molar-refractivity contribution in [3.63, 3.8) is 0 Å². The van der Waals surface area contributed by atoms with E-state index in [0.717, 1.165) is 38.0 Å². The van der Waals surface area contributed by atoms with Crippen LogP contribution in [-0.4, -0.2) is 34.9 Å². The average Bonchev–Trinajstić information content (AvgIpc) is 2.93. The van der Waals surface area contributed by atoms with Gasteiger partial charge in [0, 0.05) is 25.1 Å². The molecule has 2 aromatic rings. The second-order valence-electron chi connectivity index (χ2n) is 6.63. The van der Waals surface area contributed by atoms with Crippen LogP contribution in [0.3, 0.4) is 0 Å². The van der Waals surface area contributed by atoms with Crippen LogP contribution in [0.25, 0.3) is 11.1 Å². The van der Waals surface area contributed by atoms with Gasteiger partial charge in [0.15, 0.2) is 11.4 Å². The van der Waals surface area contributed by atoms with Crippen LogP contribution in [0.1, 0.15) is 55.8 Å². The molecule has 1 aliphatic heterocycles. The van der Waals surface area contributed by atoms with Crippen LogP contribution < -0.4 is 5.76 Å². The van der Waals surface area contributed by atoms with E-state index >= 15 is 0 Å². The van der Waals surface area contributed by atoms with E-state index in [0.29, 0.717) is 24.1 Å². The van der Waals surface area contributed by atoms with Gasteiger partial charge >= 0.3 is 5.76 Å². The highest BCUT2D eigenvalue weighted by Crippen LogP contribution is 2.17. The van der Waals surface area contributed by atoms with Crippen LogP contribution in [0.15, 0.2) is 27.4 Å². The fourth-order valence-corrected chi connectivity index (χ4v) is 3.36. The van der Waals surface area contributed by atoms with Gasteiger partial charge in [-0.15, -0.1) is 0 Å². The number of ketones is 1. The minimum atomic E-state index is -0.333. The summed E-state index contributed by atoms with van der Waals surface area (Å²) < 4.78 is 7.06. The van der Waals surface area contributed by atoms with Gasteiger partial charge in [0.2, 0.25) is 0 Å². The van der Waals surface area contributed by atoms with Gasteiger partial charge < -0.3 is 9.32 Å². The van der Waals surface area contributed by atoms with Crippen LogP contribution in [0, 0.1) is 0 Å². The monoisotopic (exact) mass is 330 g/mol. The molecule has 0 aliphatic carbocycles. The van der Waals surface area contributed by atoms with Crippen molar-refractivity contribution in [2.45, 2.75) is 52.0 Å². The lowest BCUT2D eigenvalue weighted by Crippen LogP contribution is -2.33. The number of fused-ring (bicyclic) bond motifs is 1. The molecule has 0 spiro atoms. The molecule has 0 radical (unpaired) electrons. The molecule has 0 N–H and O–H groups in total. The van der Waals surface area contributed by atoms with E-state index in [2.05, 4.69) is 11.8 Å². The van der Waals surface area contributed by atoms with Crippen molar-refractivity contribution < 1.29 is 9.21 Å². The Labute approximate surface area is 142 Å². The fraction of sp³-hybridized carbons (Fsp3) is 0.579. The summed E-state index contributed by atoms with van der Waals surface area (Å²) in [6, 6.07) is 5.37. The maximum atomic E-state index is 12.2.